The highest BCUT2D eigenvalue weighted by atomic mass is 35.5. The minimum Gasteiger partial charge on any atom is -0.336 e. The highest BCUT2D eigenvalue weighted by molar-refractivity contribution is 7.90. The monoisotopic (exact) mass is 689 g/mol. The Kier molecular flexibility index (Phi) is 8.58. The summed E-state index contributed by atoms with van der Waals surface area (Å²) in [6.45, 7) is 13.2. The van der Waals surface area contributed by atoms with E-state index < -0.39 is 32.0 Å². The molecule has 9 nitrogen and oxygen atoms in total. The van der Waals surface area contributed by atoms with Crippen LogP contribution in [0.5, 0.6) is 0 Å². The zero-order valence-electron chi connectivity index (χ0n) is 27.7. The van der Waals surface area contributed by atoms with Gasteiger partial charge in [-0.3, -0.25) is 24.2 Å². The molecule has 1 fully saturated rings. The molecule has 4 heterocycles. The number of halogens is 2. The van der Waals surface area contributed by atoms with Gasteiger partial charge in [0.15, 0.2) is 15.7 Å². The van der Waals surface area contributed by atoms with Gasteiger partial charge in [-0.05, 0) is 86.4 Å². The third kappa shape index (κ3) is 5.33. The maximum absolute atomic E-state index is 17.8. The number of sulfone groups is 1. The molecule has 0 saturated carbocycles. The van der Waals surface area contributed by atoms with Gasteiger partial charge in [-0.25, -0.2) is 12.8 Å². The van der Waals surface area contributed by atoms with E-state index in [1.54, 1.807) is 36.4 Å². The predicted molar refractivity (Wildman–Crippen MR) is 187 cm³/mol. The van der Waals surface area contributed by atoms with Crippen molar-refractivity contribution in [2.24, 2.45) is 0 Å². The Morgan fingerprint density at radius 3 is 2.54 bits per heavy atom. The van der Waals surface area contributed by atoms with Crippen molar-refractivity contribution >= 4 is 49.2 Å². The van der Waals surface area contributed by atoms with Crippen molar-refractivity contribution in [1.82, 2.24) is 24.6 Å². The van der Waals surface area contributed by atoms with Crippen LogP contribution in [-0.4, -0.2) is 57.8 Å². The van der Waals surface area contributed by atoms with Gasteiger partial charge in [-0.1, -0.05) is 38.1 Å². The second kappa shape index (κ2) is 12.3. The Hall–Kier alpha value is -4.35. The van der Waals surface area contributed by atoms with Crippen LogP contribution in [0.25, 0.3) is 38.6 Å². The van der Waals surface area contributed by atoms with Crippen molar-refractivity contribution in [1.29, 1.82) is 0 Å². The molecular weight excluding hydrogens is 653 g/mol. The Labute approximate surface area is 283 Å². The lowest BCUT2D eigenvalue weighted by Crippen LogP contribution is -2.44. The quantitative estimate of drug-likeness (QED) is 0.189. The molecule has 3 aromatic heterocycles. The van der Waals surface area contributed by atoms with Crippen molar-refractivity contribution < 1.29 is 17.6 Å². The topological polar surface area (TPSA) is 118 Å². The molecule has 0 spiro atoms. The Morgan fingerprint density at radius 2 is 1.90 bits per heavy atom. The average molecular weight is 690 g/mol. The second-order valence-corrected chi connectivity index (χ2v) is 15.4. The van der Waals surface area contributed by atoms with E-state index in [1.807, 2.05) is 39.8 Å². The van der Waals surface area contributed by atoms with E-state index >= 15 is 4.39 Å². The number of aryl methyl sites for hydroxylation is 2. The molecule has 1 aliphatic heterocycles. The molecule has 1 amide bonds. The zero-order valence-corrected chi connectivity index (χ0v) is 29.3. The molecule has 2 atom stereocenters. The molecule has 250 valence electrons. The van der Waals surface area contributed by atoms with Gasteiger partial charge in [0, 0.05) is 46.9 Å². The van der Waals surface area contributed by atoms with Crippen LogP contribution >= 0.6 is 11.6 Å². The third-order valence-corrected chi connectivity index (χ3v) is 10.9. The van der Waals surface area contributed by atoms with Gasteiger partial charge in [-0.15, -0.1) is 0 Å². The summed E-state index contributed by atoms with van der Waals surface area (Å²) in [7, 11) is -4.18. The predicted octanol–water partition coefficient (Wildman–Crippen LogP) is 7.15. The van der Waals surface area contributed by atoms with Crippen LogP contribution in [-0.2, 0) is 14.6 Å². The van der Waals surface area contributed by atoms with Gasteiger partial charge < -0.3 is 4.90 Å². The summed E-state index contributed by atoms with van der Waals surface area (Å²) in [5.41, 5.74) is 2.72. The van der Waals surface area contributed by atoms with Crippen molar-refractivity contribution in [3.8, 4) is 16.8 Å². The number of carbonyl (C=O) groups is 1. The van der Waals surface area contributed by atoms with E-state index in [1.165, 1.54) is 10.6 Å². The van der Waals surface area contributed by atoms with E-state index in [0.29, 0.717) is 52.8 Å². The maximum atomic E-state index is 17.8. The summed E-state index contributed by atoms with van der Waals surface area (Å²) in [4.78, 5) is 33.3. The molecule has 1 unspecified atom stereocenters. The zero-order chi connectivity index (χ0) is 34.8. The first-order valence-corrected chi connectivity index (χ1v) is 18.1. The molecular formula is C36H37ClFN5O4S. The fourth-order valence-electron chi connectivity index (χ4n) is 7.30. The lowest BCUT2D eigenvalue weighted by Gasteiger charge is -2.38. The fourth-order valence-corrected chi connectivity index (χ4v) is 8.67. The molecule has 5 aromatic rings. The minimum atomic E-state index is -4.18. The molecule has 48 heavy (non-hydrogen) atoms. The number of fused-ring (bicyclic) bond motifs is 2. The molecule has 1 saturated heterocycles. The van der Waals surface area contributed by atoms with E-state index in [2.05, 4.69) is 21.8 Å². The first-order valence-electron chi connectivity index (χ1n) is 15.8. The second-order valence-electron chi connectivity index (χ2n) is 13.0. The lowest BCUT2D eigenvalue weighted by molar-refractivity contribution is -0.129. The van der Waals surface area contributed by atoms with Gasteiger partial charge >= 0.3 is 0 Å². The van der Waals surface area contributed by atoms with E-state index in [0.717, 1.165) is 11.8 Å². The molecule has 1 N–H and O–H groups in total. The van der Waals surface area contributed by atoms with Crippen molar-refractivity contribution in [2.75, 3.05) is 12.8 Å². The summed E-state index contributed by atoms with van der Waals surface area (Å²) in [6, 6.07) is 6.68. The highest BCUT2D eigenvalue weighted by Crippen LogP contribution is 2.45. The van der Waals surface area contributed by atoms with E-state index in [-0.39, 0.29) is 44.9 Å². The number of amides is 1. The number of hydrogen-bond acceptors (Lipinski definition) is 6. The Balaban J connectivity index is 1.82. The molecule has 0 bridgehead atoms. The maximum Gasteiger partial charge on any atom is 0.274 e. The number of aromatic nitrogens is 4. The number of aromatic amines is 1. The number of likely N-dealkylation sites (tertiary alicyclic amines) is 1. The van der Waals surface area contributed by atoms with Crippen molar-refractivity contribution in [2.45, 2.75) is 70.2 Å². The molecule has 12 heteroatoms. The summed E-state index contributed by atoms with van der Waals surface area (Å²) in [5.74, 6) is -1.69. The van der Waals surface area contributed by atoms with Gasteiger partial charge in [0.2, 0.25) is 5.91 Å². The minimum absolute atomic E-state index is 0.0574. The molecule has 6 rings (SSSR count). The van der Waals surface area contributed by atoms with Gasteiger partial charge in [-0.2, -0.15) is 5.10 Å². The number of H-pyrrole nitrogens is 1. The van der Waals surface area contributed by atoms with Crippen molar-refractivity contribution in [3.05, 3.63) is 92.9 Å². The Bertz CT molecular complexity index is 2330. The fraction of sp³-hybridized carbons (Fsp3) is 0.333. The summed E-state index contributed by atoms with van der Waals surface area (Å²) in [6.07, 6.45) is 6.16. The standard InChI is InChI=1S/C36H37ClFN5O4S/c1-8-27(44)42-14-12-22(15-21(42)6)29-23-16-25(37)30(28-19(4)9-10-26-24(28)17-40-41-26)31(38)34(23)43(36(45)35(29)48(7,46)47)33-20(5)11-13-39-32(33)18(2)3/h8-11,13,16-18,21-22H,1,12,14-15H2,2-7H3,(H,40,41)/t21-,22?/m1/s1. The number of hydrogen-bond donors (Lipinski definition) is 1. The van der Waals surface area contributed by atoms with Gasteiger partial charge in [0.25, 0.3) is 5.56 Å². The number of nitrogens with zero attached hydrogens (tertiary/aromatic N) is 4. The molecule has 0 aliphatic carbocycles. The van der Waals surface area contributed by atoms with Crippen LogP contribution < -0.4 is 5.56 Å². The largest absolute Gasteiger partial charge is 0.336 e. The summed E-state index contributed by atoms with van der Waals surface area (Å²) < 4.78 is 46.4. The first kappa shape index (κ1) is 33.5. The van der Waals surface area contributed by atoms with E-state index in [4.69, 9.17) is 11.6 Å². The first-order chi connectivity index (χ1) is 22.7. The van der Waals surface area contributed by atoms with Crippen LogP contribution in [0.2, 0.25) is 5.02 Å². The van der Waals surface area contributed by atoms with Crippen LogP contribution in [0.3, 0.4) is 0 Å². The third-order valence-electron chi connectivity index (χ3n) is 9.47. The number of rotatable bonds is 6. The lowest BCUT2D eigenvalue weighted by atomic mass is 9.83. The Morgan fingerprint density at radius 1 is 1.17 bits per heavy atom. The van der Waals surface area contributed by atoms with Crippen LogP contribution in [0.15, 0.2) is 59.0 Å². The molecule has 0 radical (unpaired) electrons. The number of nitrogens with one attached hydrogen (secondary N) is 1. The van der Waals surface area contributed by atoms with Crippen molar-refractivity contribution in [3.63, 3.8) is 0 Å². The SMILES string of the molecule is C=CC(=O)N1CCC(c2c(S(C)(=O)=O)c(=O)n(-c3c(C)ccnc3C(C)C)c3c(F)c(-c4c(C)ccc5[nH]ncc45)c(Cl)cc23)C[C@H]1C. The number of carbonyl (C=O) groups excluding carboxylic acids is 1. The average Bonchev–Trinajstić information content (AvgIpc) is 3.50. The van der Waals surface area contributed by atoms with E-state index in [9.17, 15) is 18.0 Å². The van der Waals surface area contributed by atoms with Gasteiger partial charge in [0.1, 0.15) is 4.90 Å². The number of pyridine rings is 2. The normalized spacial score (nSPS) is 17.1. The summed E-state index contributed by atoms with van der Waals surface area (Å²) in [5, 5.41) is 8.01. The van der Waals surface area contributed by atoms with Gasteiger partial charge in [0.05, 0.1) is 33.6 Å². The highest BCUT2D eigenvalue weighted by Gasteiger charge is 2.37. The van der Waals surface area contributed by atoms with Crippen LogP contribution in [0.4, 0.5) is 4.39 Å². The number of benzene rings is 2. The smallest absolute Gasteiger partial charge is 0.274 e. The molecule has 1 aliphatic rings. The van der Waals surface area contributed by atoms with Crippen LogP contribution in [0.1, 0.15) is 67.8 Å². The summed E-state index contributed by atoms with van der Waals surface area (Å²) >= 11 is 7.04. The number of piperidine rings is 1. The van der Waals surface area contributed by atoms with Crippen LogP contribution in [0, 0.1) is 19.7 Å². The molecule has 2 aromatic carbocycles.